The van der Waals surface area contributed by atoms with E-state index in [4.69, 9.17) is 0 Å². The lowest BCUT2D eigenvalue weighted by atomic mass is 9.91. The fourth-order valence-corrected chi connectivity index (χ4v) is 4.79. The Balaban J connectivity index is 0.000000569. The molecule has 0 aliphatic heterocycles. The summed E-state index contributed by atoms with van der Waals surface area (Å²) < 4.78 is 0. The van der Waals surface area contributed by atoms with Gasteiger partial charge in [0.2, 0.25) is 0 Å². The van der Waals surface area contributed by atoms with Gasteiger partial charge in [-0.05, 0) is 73.6 Å². The fraction of sp³-hybridized carbons (Fsp3) is 0.167. The van der Waals surface area contributed by atoms with Crippen LogP contribution < -0.4 is 0 Å². The predicted molar refractivity (Wildman–Crippen MR) is 162 cm³/mol. The van der Waals surface area contributed by atoms with E-state index in [0.29, 0.717) is 0 Å². The smallest absolute Gasteiger partial charge is 0.00928 e. The van der Waals surface area contributed by atoms with Crippen LogP contribution >= 0.6 is 0 Å². The van der Waals surface area contributed by atoms with Crippen LogP contribution in [0.25, 0.3) is 54.6 Å². The molecule has 6 aromatic rings. The summed E-state index contributed by atoms with van der Waals surface area (Å²) in [7, 11) is 0. The van der Waals surface area contributed by atoms with E-state index < -0.39 is 0 Å². The monoisotopic (exact) mass is 468 g/mol. The number of hydrogen-bond acceptors (Lipinski definition) is 0. The molecule has 0 aliphatic carbocycles. The average Bonchev–Trinajstić information content (AvgIpc) is 2.94. The predicted octanol–water partition coefficient (Wildman–Crippen LogP) is 11.2. The highest BCUT2D eigenvalue weighted by Gasteiger charge is 2.10. The molecule has 36 heavy (non-hydrogen) atoms. The van der Waals surface area contributed by atoms with Crippen LogP contribution in [0.15, 0.2) is 115 Å². The van der Waals surface area contributed by atoms with E-state index in [0.717, 1.165) is 0 Å². The van der Waals surface area contributed by atoms with Gasteiger partial charge in [-0.15, -0.1) is 0 Å². The van der Waals surface area contributed by atoms with Crippen molar-refractivity contribution < 1.29 is 0 Å². The van der Waals surface area contributed by atoms with Gasteiger partial charge >= 0.3 is 0 Å². The maximum Gasteiger partial charge on any atom is -0.00928 e. The highest BCUT2D eigenvalue weighted by Crippen LogP contribution is 2.37. The quantitative estimate of drug-likeness (QED) is 0.222. The molecule has 0 aromatic heterocycles. The third-order valence-electron chi connectivity index (χ3n) is 6.29. The van der Waals surface area contributed by atoms with Crippen LogP contribution in [0.4, 0.5) is 0 Å². The second kappa shape index (κ2) is 11.7. The van der Waals surface area contributed by atoms with Crippen molar-refractivity contribution in [2.24, 2.45) is 0 Å². The number of hydrogen-bond donors (Lipinski definition) is 0. The standard InChI is InChI=1S/C31H22.C3H8.C2H6/c1-21-8-6-9-22(18-21)23-10-7-11-24(19-23)25-16-17-30-28-14-3-2-12-26(28)27-13-4-5-15-29(27)31(30)20-25;1-3-2;1-2/h2-20H,1H3;3H2,1-2H3;1-2H3. The van der Waals surface area contributed by atoms with Crippen LogP contribution in [0, 0.1) is 6.92 Å². The number of aryl methyl sites for hydroxylation is 1. The van der Waals surface area contributed by atoms with Crippen LogP contribution in [0.1, 0.15) is 39.7 Å². The Hall–Kier alpha value is -3.90. The molecule has 6 rings (SSSR count). The van der Waals surface area contributed by atoms with Gasteiger partial charge in [0, 0.05) is 0 Å². The van der Waals surface area contributed by atoms with E-state index in [1.54, 1.807) is 0 Å². The van der Waals surface area contributed by atoms with Crippen LogP contribution in [-0.2, 0) is 0 Å². The third kappa shape index (κ3) is 5.04. The Morgan fingerprint density at radius 3 is 1.28 bits per heavy atom. The van der Waals surface area contributed by atoms with Gasteiger partial charge in [0.05, 0.1) is 0 Å². The number of benzene rings is 6. The maximum atomic E-state index is 2.36. The molecular formula is C36H36. The summed E-state index contributed by atoms with van der Waals surface area (Å²) in [6.45, 7) is 10.4. The Bertz CT molecular complexity index is 1570. The summed E-state index contributed by atoms with van der Waals surface area (Å²) >= 11 is 0. The molecule has 0 heteroatoms. The highest BCUT2D eigenvalue weighted by molar-refractivity contribution is 6.25. The van der Waals surface area contributed by atoms with Crippen molar-refractivity contribution in [3.05, 3.63) is 121 Å². The lowest BCUT2D eigenvalue weighted by Gasteiger charge is -2.12. The van der Waals surface area contributed by atoms with Crippen molar-refractivity contribution in [3.63, 3.8) is 0 Å². The van der Waals surface area contributed by atoms with Gasteiger partial charge in [0.1, 0.15) is 0 Å². The van der Waals surface area contributed by atoms with Gasteiger partial charge in [-0.25, -0.2) is 0 Å². The van der Waals surface area contributed by atoms with E-state index in [-0.39, 0.29) is 0 Å². The zero-order chi connectivity index (χ0) is 25.5. The van der Waals surface area contributed by atoms with E-state index in [9.17, 15) is 0 Å². The molecule has 0 amide bonds. The first-order chi connectivity index (χ1) is 17.7. The van der Waals surface area contributed by atoms with Gasteiger partial charge in [-0.2, -0.15) is 0 Å². The largest absolute Gasteiger partial charge is 0.0683 e. The Morgan fingerprint density at radius 2 is 0.778 bits per heavy atom. The highest BCUT2D eigenvalue weighted by atomic mass is 14.1. The first-order valence-electron chi connectivity index (χ1n) is 13.2. The minimum absolute atomic E-state index is 1.25. The summed E-state index contributed by atoms with van der Waals surface area (Å²) in [5.41, 5.74) is 6.30. The van der Waals surface area contributed by atoms with Crippen LogP contribution in [-0.4, -0.2) is 0 Å². The molecule has 0 saturated carbocycles. The van der Waals surface area contributed by atoms with Crippen molar-refractivity contribution in [2.45, 2.75) is 41.0 Å². The van der Waals surface area contributed by atoms with Gasteiger partial charge in [-0.3, -0.25) is 0 Å². The first-order valence-corrected chi connectivity index (χ1v) is 13.2. The molecule has 0 N–H and O–H groups in total. The fourth-order valence-electron chi connectivity index (χ4n) is 4.79. The minimum atomic E-state index is 1.25. The molecule has 0 nitrogen and oxygen atoms in total. The summed E-state index contributed by atoms with van der Waals surface area (Å²) in [4.78, 5) is 0. The Labute approximate surface area is 216 Å². The molecule has 0 radical (unpaired) electrons. The van der Waals surface area contributed by atoms with E-state index in [1.165, 1.54) is 66.6 Å². The van der Waals surface area contributed by atoms with E-state index in [1.807, 2.05) is 13.8 Å². The average molecular weight is 469 g/mol. The lowest BCUT2D eigenvalue weighted by Crippen LogP contribution is -1.86. The van der Waals surface area contributed by atoms with Crippen molar-refractivity contribution in [1.82, 2.24) is 0 Å². The van der Waals surface area contributed by atoms with Gasteiger partial charge in [0.15, 0.2) is 0 Å². The van der Waals surface area contributed by atoms with Gasteiger partial charge in [-0.1, -0.05) is 143 Å². The normalized spacial score (nSPS) is 10.5. The molecule has 0 atom stereocenters. The minimum Gasteiger partial charge on any atom is -0.0683 e. The SMILES string of the molecule is CC.CCC.Cc1cccc(-c2cccc(-c3ccc4c5ccccc5c5ccccc5c4c3)c2)c1. The van der Waals surface area contributed by atoms with E-state index in [2.05, 4.69) is 136 Å². The van der Waals surface area contributed by atoms with Crippen molar-refractivity contribution in [3.8, 4) is 22.3 Å². The summed E-state index contributed by atoms with van der Waals surface area (Å²) in [6.07, 6.45) is 1.25. The van der Waals surface area contributed by atoms with Crippen molar-refractivity contribution >= 4 is 32.3 Å². The van der Waals surface area contributed by atoms with Crippen molar-refractivity contribution in [2.75, 3.05) is 0 Å². The lowest BCUT2D eigenvalue weighted by molar-refractivity contribution is 1.09. The van der Waals surface area contributed by atoms with Crippen LogP contribution in [0.3, 0.4) is 0 Å². The Kier molecular flexibility index (Phi) is 8.18. The van der Waals surface area contributed by atoms with E-state index >= 15 is 0 Å². The molecule has 0 bridgehead atoms. The molecule has 0 fully saturated rings. The third-order valence-corrected chi connectivity index (χ3v) is 6.29. The molecule has 180 valence electrons. The summed E-state index contributed by atoms with van der Waals surface area (Å²) in [5, 5.41) is 7.89. The van der Waals surface area contributed by atoms with Gasteiger partial charge in [0.25, 0.3) is 0 Å². The summed E-state index contributed by atoms with van der Waals surface area (Å²) in [5.74, 6) is 0. The molecule has 0 aliphatic rings. The number of rotatable bonds is 2. The second-order valence-corrected chi connectivity index (χ2v) is 9.01. The number of fused-ring (bicyclic) bond motifs is 6. The van der Waals surface area contributed by atoms with Crippen LogP contribution in [0.2, 0.25) is 0 Å². The molecule has 0 heterocycles. The Morgan fingerprint density at radius 1 is 0.389 bits per heavy atom. The zero-order valence-corrected chi connectivity index (χ0v) is 22.2. The summed E-state index contributed by atoms with van der Waals surface area (Å²) in [6, 6.07) is 42.0. The van der Waals surface area contributed by atoms with Gasteiger partial charge < -0.3 is 0 Å². The molecule has 0 unspecified atom stereocenters. The zero-order valence-electron chi connectivity index (χ0n) is 22.2. The topological polar surface area (TPSA) is 0 Å². The maximum absolute atomic E-state index is 2.36. The molecule has 0 spiro atoms. The van der Waals surface area contributed by atoms with Crippen LogP contribution in [0.5, 0.6) is 0 Å². The second-order valence-electron chi connectivity index (χ2n) is 9.01. The molecule has 0 saturated heterocycles. The van der Waals surface area contributed by atoms with Crippen molar-refractivity contribution in [1.29, 1.82) is 0 Å². The first kappa shape index (κ1) is 25.2. The molecular weight excluding hydrogens is 432 g/mol. The molecule has 6 aromatic carbocycles.